The molecule has 20 heavy (non-hydrogen) atoms. The largest absolute Gasteiger partial charge is 0.352 e. The van der Waals surface area contributed by atoms with Gasteiger partial charge in [0.2, 0.25) is 11.9 Å². The van der Waals surface area contributed by atoms with Crippen molar-refractivity contribution in [2.75, 3.05) is 31.1 Å². The van der Waals surface area contributed by atoms with Gasteiger partial charge >= 0.3 is 0 Å². The molecule has 1 aliphatic rings. The van der Waals surface area contributed by atoms with Gasteiger partial charge in [0.1, 0.15) is 0 Å². The van der Waals surface area contributed by atoms with E-state index in [0.29, 0.717) is 13.1 Å². The van der Waals surface area contributed by atoms with Crippen molar-refractivity contribution >= 4 is 11.9 Å². The third-order valence-corrected chi connectivity index (χ3v) is 3.27. The van der Waals surface area contributed by atoms with Crippen LogP contribution in [0.15, 0.2) is 31.1 Å². The quantitative estimate of drug-likeness (QED) is 0.578. The van der Waals surface area contributed by atoms with Gasteiger partial charge in [0, 0.05) is 38.1 Å². The van der Waals surface area contributed by atoms with E-state index in [1.165, 1.54) is 0 Å². The highest BCUT2D eigenvalue weighted by molar-refractivity contribution is 5.78. The fourth-order valence-electron chi connectivity index (χ4n) is 2.24. The van der Waals surface area contributed by atoms with Crippen LogP contribution >= 0.6 is 0 Å². The second-order valence-corrected chi connectivity index (χ2v) is 4.80. The Bertz CT molecular complexity index is 428. The van der Waals surface area contributed by atoms with Gasteiger partial charge in [0.25, 0.3) is 0 Å². The summed E-state index contributed by atoms with van der Waals surface area (Å²) in [5, 5.41) is 6.05. The van der Waals surface area contributed by atoms with E-state index in [0.717, 1.165) is 31.9 Å². The summed E-state index contributed by atoms with van der Waals surface area (Å²) in [5.74, 6) is 0.811. The van der Waals surface area contributed by atoms with Crippen molar-refractivity contribution in [3.8, 4) is 0 Å². The second-order valence-electron chi connectivity index (χ2n) is 4.80. The molecule has 2 heterocycles. The number of aromatic nitrogens is 2. The Balaban J connectivity index is 1.71. The number of piperidine rings is 1. The van der Waals surface area contributed by atoms with Crippen molar-refractivity contribution in [1.82, 2.24) is 20.6 Å². The van der Waals surface area contributed by atoms with Crippen LogP contribution in [-0.4, -0.2) is 48.1 Å². The van der Waals surface area contributed by atoms with E-state index < -0.39 is 0 Å². The molecule has 0 radical (unpaired) electrons. The molecule has 1 saturated heterocycles. The minimum atomic E-state index is 0.0428. The summed E-state index contributed by atoms with van der Waals surface area (Å²) >= 11 is 0. The van der Waals surface area contributed by atoms with E-state index in [-0.39, 0.29) is 11.9 Å². The average molecular weight is 275 g/mol. The molecule has 0 aromatic carbocycles. The first kappa shape index (κ1) is 14.5. The molecule has 6 heteroatoms. The van der Waals surface area contributed by atoms with E-state index in [1.54, 1.807) is 18.5 Å². The van der Waals surface area contributed by atoms with Crippen LogP contribution in [0.4, 0.5) is 5.95 Å². The number of rotatable bonds is 6. The predicted molar refractivity (Wildman–Crippen MR) is 78.5 cm³/mol. The Morgan fingerprint density at radius 1 is 1.40 bits per heavy atom. The third-order valence-electron chi connectivity index (χ3n) is 3.27. The van der Waals surface area contributed by atoms with Crippen LogP contribution in [-0.2, 0) is 4.79 Å². The Hall–Kier alpha value is -1.95. The summed E-state index contributed by atoms with van der Waals surface area (Å²) < 4.78 is 0. The Kier molecular flexibility index (Phi) is 5.49. The first-order valence-corrected chi connectivity index (χ1v) is 6.92. The fraction of sp³-hybridized carbons (Fsp3) is 0.500. The number of hydrogen-bond acceptors (Lipinski definition) is 5. The molecule has 0 atom stereocenters. The van der Waals surface area contributed by atoms with Crippen LogP contribution in [0.3, 0.4) is 0 Å². The van der Waals surface area contributed by atoms with Gasteiger partial charge in [-0.1, -0.05) is 6.08 Å². The highest BCUT2D eigenvalue weighted by atomic mass is 16.1. The van der Waals surface area contributed by atoms with Crippen LogP contribution in [0.2, 0.25) is 0 Å². The molecule has 0 unspecified atom stereocenters. The predicted octanol–water partition coefficient (Wildman–Crippen LogP) is 0.337. The SMILES string of the molecule is C=CCNCC(=O)NC1CCN(c2ncccn2)CC1. The minimum absolute atomic E-state index is 0.0428. The number of amides is 1. The number of hydrogen-bond donors (Lipinski definition) is 2. The first-order valence-electron chi connectivity index (χ1n) is 6.92. The van der Waals surface area contributed by atoms with Crippen LogP contribution in [0.1, 0.15) is 12.8 Å². The van der Waals surface area contributed by atoms with Gasteiger partial charge in [-0.15, -0.1) is 6.58 Å². The van der Waals surface area contributed by atoms with E-state index in [1.807, 2.05) is 6.07 Å². The molecular weight excluding hydrogens is 254 g/mol. The van der Waals surface area contributed by atoms with E-state index in [9.17, 15) is 4.79 Å². The molecule has 2 N–H and O–H groups in total. The maximum atomic E-state index is 11.7. The highest BCUT2D eigenvalue weighted by Crippen LogP contribution is 2.15. The smallest absolute Gasteiger partial charge is 0.234 e. The number of carbonyl (C=O) groups excluding carboxylic acids is 1. The van der Waals surface area contributed by atoms with E-state index in [4.69, 9.17) is 0 Å². The summed E-state index contributed by atoms with van der Waals surface area (Å²) in [5.41, 5.74) is 0. The molecule has 1 amide bonds. The van der Waals surface area contributed by atoms with Gasteiger partial charge in [-0.05, 0) is 18.9 Å². The van der Waals surface area contributed by atoms with Crippen LogP contribution in [0.5, 0.6) is 0 Å². The lowest BCUT2D eigenvalue weighted by molar-refractivity contribution is -0.121. The van der Waals surface area contributed by atoms with Crippen molar-refractivity contribution in [2.45, 2.75) is 18.9 Å². The molecule has 1 aromatic rings. The van der Waals surface area contributed by atoms with Gasteiger partial charge in [0.15, 0.2) is 0 Å². The molecule has 1 aliphatic heterocycles. The molecule has 0 spiro atoms. The Labute approximate surface area is 119 Å². The van der Waals surface area contributed by atoms with E-state index >= 15 is 0 Å². The number of nitrogens with zero attached hydrogens (tertiary/aromatic N) is 3. The molecule has 1 fully saturated rings. The van der Waals surface area contributed by atoms with Crippen LogP contribution < -0.4 is 15.5 Å². The van der Waals surface area contributed by atoms with Gasteiger partial charge in [-0.3, -0.25) is 4.79 Å². The average Bonchev–Trinajstić information content (AvgIpc) is 2.49. The highest BCUT2D eigenvalue weighted by Gasteiger charge is 2.21. The van der Waals surface area contributed by atoms with Gasteiger partial charge in [0.05, 0.1) is 6.54 Å². The molecule has 2 rings (SSSR count). The minimum Gasteiger partial charge on any atom is -0.352 e. The fourth-order valence-corrected chi connectivity index (χ4v) is 2.24. The summed E-state index contributed by atoms with van der Waals surface area (Å²) in [6.07, 6.45) is 7.09. The normalized spacial score (nSPS) is 15.9. The maximum Gasteiger partial charge on any atom is 0.234 e. The van der Waals surface area contributed by atoms with Crippen molar-refractivity contribution in [2.24, 2.45) is 0 Å². The van der Waals surface area contributed by atoms with Crippen molar-refractivity contribution < 1.29 is 4.79 Å². The monoisotopic (exact) mass is 275 g/mol. The summed E-state index contributed by atoms with van der Waals surface area (Å²) in [6.45, 7) is 6.33. The standard InChI is InChI=1S/C14H21N5O/c1-2-6-15-11-13(20)18-12-4-9-19(10-5-12)14-16-7-3-8-17-14/h2-3,7-8,12,15H,1,4-6,9-11H2,(H,18,20). The lowest BCUT2D eigenvalue weighted by Gasteiger charge is -2.32. The van der Waals surface area contributed by atoms with Gasteiger partial charge < -0.3 is 15.5 Å². The summed E-state index contributed by atoms with van der Waals surface area (Å²) in [7, 11) is 0. The number of carbonyl (C=O) groups is 1. The zero-order valence-electron chi connectivity index (χ0n) is 11.6. The molecular formula is C14H21N5O. The Morgan fingerprint density at radius 2 is 2.10 bits per heavy atom. The van der Waals surface area contributed by atoms with Crippen molar-refractivity contribution in [3.05, 3.63) is 31.1 Å². The molecule has 0 saturated carbocycles. The number of anilines is 1. The van der Waals surface area contributed by atoms with Crippen LogP contribution in [0.25, 0.3) is 0 Å². The second kappa shape index (κ2) is 7.59. The molecule has 0 bridgehead atoms. The molecule has 1 aromatic heterocycles. The van der Waals surface area contributed by atoms with Gasteiger partial charge in [-0.2, -0.15) is 0 Å². The summed E-state index contributed by atoms with van der Waals surface area (Å²) in [6, 6.07) is 2.06. The van der Waals surface area contributed by atoms with Crippen molar-refractivity contribution in [3.63, 3.8) is 0 Å². The van der Waals surface area contributed by atoms with Crippen LogP contribution in [0, 0.1) is 0 Å². The Morgan fingerprint density at radius 3 is 2.75 bits per heavy atom. The maximum absolute atomic E-state index is 11.7. The molecule has 6 nitrogen and oxygen atoms in total. The lowest BCUT2D eigenvalue weighted by atomic mass is 10.1. The third kappa shape index (κ3) is 4.31. The molecule has 108 valence electrons. The number of nitrogens with one attached hydrogen (secondary N) is 2. The van der Waals surface area contributed by atoms with Gasteiger partial charge in [-0.25, -0.2) is 9.97 Å². The zero-order chi connectivity index (χ0) is 14.2. The molecule has 0 aliphatic carbocycles. The lowest BCUT2D eigenvalue weighted by Crippen LogP contribution is -2.47. The van der Waals surface area contributed by atoms with Crippen molar-refractivity contribution in [1.29, 1.82) is 0 Å². The summed E-state index contributed by atoms with van der Waals surface area (Å²) in [4.78, 5) is 22.3. The van der Waals surface area contributed by atoms with E-state index in [2.05, 4.69) is 32.1 Å². The zero-order valence-corrected chi connectivity index (χ0v) is 11.6. The first-order chi connectivity index (χ1) is 9.79. The topological polar surface area (TPSA) is 70.2 Å².